The maximum atomic E-state index is 11.6. The highest BCUT2D eigenvalue weighted by Crippen LogP contribution is 2.23. The number of esters is 1. The molecular weight excluding hydrogens is 221 g/mol. The minimum Gasteiger partial charge on any atom is -0.466 e. The summed E-state index contributed by atoms with van der Waals surface area (Å²) in [5, 5.41) is -1.89. The van der Waals surface area contributed by atoms with Crippen LogP contribution >= 0.6 is 11.8 Å². The molecule has 82 valence electrons. The van der Waals surface area contributed by atoms with Crippen molar-refractivity contribution < 1.29 is 27.5 Å². The van der Waals surface area contributed by atoms with Crippen molar-refractivity contribution in [1.29, 1.82) is 0 Å². The Labute approximate surface area is 83.0 Å². The molecule has 0 fully saturated rings. The van der Waals surface area contributed by atoms with Gasteiger partial charge in [0.25, 0.3) is 5.12 Å². The normalized spacial score (nSPS) is 11.1. The number of thioether (sulfide) groups is 1. The topological polar surface area (TPSA) is 43.4 Å². The number of hydrogen-bond acceptors (Lipinski definition) is 4. The molecule has 0 radical (unpaired) electrons. The van der Waals surface area contributed by atoms with E-state index < -0.39 is 17.3 Å². The van der Waals surface area contributed by atoms with Crippen LogP contribution in [0, 0.1) is 0 Å². The van der Waals surface area contributed by atoms with E-state index in [1.165, 1.54) is 0 Å². The molecule has 14 heavy (non-hydrogen) atoms. The minimum atomic E-state index is -4.83. The van der Waals surface area contributed by atoms with Crippen molar-refractivity contribution in [3.05, 3.63) is 0 Å². The first-order valence-electron chi connectivity index (χ1n) is 3.77. The fraction of sp³-hybridized carbons (Fsp3) is 0.714. The average molecular weight is 230 g/mol. The lowest BCUT2D eigenvalue weighted by Gasteiger charge is -2.03. The summed E-state index contributed by atoms with van der Waals surface area (Å²) < 4.78 is 39.4. The monoisotopic (exact) mass is 230 g/mol. The van der Waals surface area contributed by atoms with Crippen LogP contribution in [-0.4, -0.2) is 29.6 Å². The van der Waals surface area contributed by atoms with Crippen LogP contribution in [0.15, 0.2) is 0 Å². The molecule has 3 nitrogen and oxygen atoms in total. The maximum absolute atomic E-state index is 11.6. The Bertz CT molecular complexity index is 215. The highest BCUT2D eigenvalue weighted by Gasteiger charge is 2.38. The number of halogens is 3. The number of rotatable bonds is 4. The largest absolute Gasteiger partial charge is 0.466 e. The molecule has 0 rings (SSSR count). The van der Waals surface area contributed by atoms with Crippen LogP contribution in [0.1, 0.15) is 13.3 Å². The zero-order valence-electron chi connectivity index (χ0n) is 7.39. The Morgan fingerprint density at radius 1 is 1.36 bits per heavy atom. The van der Waals surface area contributed by atoms with E-state index >= 15 is 0 Å². The Morgan fingerprint density at radius 2 is 1.93 bits per heavy atom. The van der Waals surface area contributed by atoms with Gasteiger partial charge in [0.1, 0.15) is 0 Å². The Morgan fingerprint density at radius 3 is 2.36 bits per heavy atom. The fourth-order valence-corrected chi connectivity index (χ4v) is 1.16. The summed E-state index contributed by atoms with van der Waals surface area (Å²) in [4.78, 5) is 20.9. The number of ether oxygens (including phenoxy) is 1. The summed E-state index contributed by atoms with van der Waals surface area (Å²) >= 11 is 0.0728. The first kappa shape index (κ1) is 13.3. The van der Waals surface area contributed by atoms with Crippen molar-refractivity contribution in [2.24, 2.45) is 0 Å². The van der Waals surface area contributed by atoms with E-state index in [4.69, 9.17) is 0 Å². The van der Waals surface area contributed by atoms with Gasteiger partial charge in [0.15, 0.2) is 0 Å². The van der Waals surface area contributed by atoms with E-state index in [9.17, 15) is 22.8 Å². The Hall–Kier alpha value is -0.720. The van der Waals surface area contributed by atoms with Crippen LogP contribution in [0.4, 0.5) is 13.2 Å². The molecule has 0 bridgehead atoms. The van der Waals surface area contributed by atoms with Gasteiger partial charge >= 0.3 is 12.1 Å². The van der Waals surface area contributed by atoms with Crippen molar-refractivity contribution in [3.8, 4) is 0 Å². The van der Waals surface area contributed by atoms with Crippen LogP contribution < -0.4 is 0 Å². The van der Waals surface area contributed by atoms with Gasteiger partial charge in [-0.15, -0.1) is 0 Å². The average Bonchev–Trinajstić information content (AvgIpc) is 2.02. The summed E-state index contributed by atoms with van der Waals surface area (Å²) in [5.41, 5.74) is 0. The Balaban J connectivity index is 3.65. The summed E-state index contributed by atoms with van der Waals surface area (Å²) in [7, 11) is 0. The third-order valence-corrected chi connectivity index (χ3v) is 1.98. The molecule has 0 aromatic rings. The van der Waals surface area contributed by atoms with Crippen molar-refractivity contribution >= 4 is 22.8 Å². The van der Waals surface area contributed by atoms with E-state index in [2.05, 4.69) is 4.74 Å². The van der Waals surface area contributed by atoms with Gasteiger partial charge in [-0.2, -0.15) is 13.2 Å². The number of alkyl halides is 3. The second-order valence-corrected chi connectivity index (χ2v) is 3.26. The lowest BCUT2D eigenvalue weighted by atomic mass is 10.5. The van der Waals surface area contributed by atoms with Gasteiger partial charge < -0.3 is 4.74 Å². The number of carbonyl (C=O) groups excluding carboxylic acids is 2. The molecule has 0 aliphatic heterocycles. The number of carbonyl (C=O) groups is 2. The molecule has 0 unspecified atom stereocenters. The zero-order valence-corrected chi connectivity index (χ0v) is 8.20. The van der Waals surface area contributed by atoms with Crippen LogP contribution in [0.3, 0.4) is 0 Å². The van der Waals surface area contributed by atoms with Crippen molar-refractivity contribution in [2.45, 2.75) is 19.5 Å². The predicted octanol–water partition coefficient (Wildman–Crippen LogP) is 1.76. The van der Waals surface area contributed by atoms with Crippen molar-refractivity contribution in [1.82, 2.24) is 0 Å². The lowest BCUT2D eigenvalue weighted by Crippen LogP contribution is -2.20. The molecule has 0 amide bonds. The second-order valence-electron chi connectivity index (χ2n) is 2.19. The van der Waals surface area contributed by atoms with Gasteiger partial charge in [0.05, 0.1) is 13.0 Å². The quantitative estimate of drug-likeness (QED) is 0.690. The summed E-state index contributed by atoms with van der Waals surface area (Å²) in [5.74, 6) is -0.813. The molecule has 0 spiro atoms. The van der Waals surface area contributed by atoms with Gasteiger partial charge in [-0.3, -0.25) is 9.59 Å². The first-order valence-corrected chi connectivity index (χ1v) is 4.76. The molecule has 0 aliphatic rings. The predicted molar refractivity (Wildman–Crippen MR) is 44.8 cm³/mol. The van der Waals surface area contributed by atoms with Gasteiger partial charge in [0.2, 0.25) is 0 Å². The first-order chi connectivity index (χ1) is 6.38. The minimum absolute atomic E-state index is 0.0728. The van der Waals surface area contributed by atoms with Gasteiger partial charge in [-0.05, 0) is 6.92 Å². The van der Waals surface area contributed by atoms with Crippen LogP contribution in [0.25, 0.3) is 0 Å². The van der Waals surface area contributed by atoms with E-state index in [-0.39, 0.29) is 30.5 Å². The number of hydrogen-bond donors (Lipinski definition) is 0. The highest BCUT2D eigenvalue weighted by molar-refractivity contribution is 8.13. The SMILES string of the molecule is CCOC(=O)CCSC(=O)C(F)(F)F. The van der Waals surface area contributed by atoms with Crippen molar-refractivity contribution in [2.75, 3.05) is 12.4 Å². The van der Waals surface area contributed by atoms with Crippen LogP contribution in [0.2, 0.25) is 0 Å². The lowest BCUT2D eigenvalue weighted by molar-refractivity contribution is -0.160. The summed E-state index contributed by atoms with van der Waals surface area (Å²) in [6.07, 6.45) is -5.03. The highest BCUT2D eigenvalue weighted by atomic mass is 32.2. The molecule has 0 saturated carbocycles. The standard InChI is InChI=1S/C7H9F3O3S/c1-2-13-5(11)3-4-14-6(12)7(8,9)10/h2-4H2,1H3. The molecule has 0 aromatic carbocycles. The van der Waals surface area contributed by atoms with Gasteiger partial charge in [-0.25, -0.2) is 0 Å². The van der Waals surface area contributed by atoms with Gasteiger partial charge in [-0.1, -0.05) is 11.8 Å². The summed E-state index contributed by atoms with van der Waals surface area (Å²) in [6.45, 7) is 1.77. The summed E-state index contributed by atoms with van der Waals surface area (Å²) in [6, 6.07) is 0. The van der Waals surface area contributed by atoms with Crippen LogP contribution in [-0.2, 0) is 14.3 Å². The molecule has 0 saturated heterocycles. The van der Waals surface area contributed by atoms with Crippen molar-refractivity contribution in [3.63, 3.8) is 0 Å². The molecule has 0 heterocycles. The van der Waals surface area contributed by atoms with E-state index in [0.29, 0.717) is 0 Å². The Kier molecular flexibility index (Phi) is 5.59. The molecule has 0 aliphatic carbocycles. The smallest absolute Gasteiger partial charge is 0.460 e. The van der Waals surface area contributed by atoms with Gasteiger partial charge in [0, 0.05) is 5.75 Å². The molecule has 0 aromatic heterocycles. The molecule has 0 N–H and O–H groups in total. The van der Waals surface area contributed by atoms with E-state index in [0.717, 1.165) is 0 Å². The molecule has 0 atom stereocenters. The van der Waals surface area contributed by atoms with E-state index in [1.807, 2.05) is 0 Å². The third kappa shape index (κ3) is 5.85. The fourth-order valence-electron chi connectivity index (χ4n) is 0.542. The third-order valence-electron chi connectivity index (χ3n) is 1.08. The maximum Gasteiger partial charge on any atom is 0.460 e. The second kappa shape index (κ2) is 5.90. The van der Waals surface area contributed by atoms with Crippen LogP contribution in [0.5, 0.6) is 0 Å². The van der Waals surface area contributed by atoms with E-state index in [1.54, 1.807) is 6.92 Å². The molecule has 7 heteroatoms. The zero-order chi connectivity index (χ0) is 11.2. The molecular formula is C7H9F3O3S.